The summed E-state index contributed by atoms with van der Waals surface area (Å²) in [4.78, 5) is 0. The highest BCUT2D eigenvalue weighted by molar-refractivity contribution is 9.10. The third-order valence-electron chi connectivity index (χ3n) is 4.46. The molecule has 3 rings (SSSR count). The van der Waals surface area contributed by atoms with Gasteiger partial charge in [0.05, 0.1) is 11.1 Å². The molecule has 0 saturated carbocycles. The molecule has 0 atom stereocenters. The van der Waals surface area contributed by atoms with Gasteiger partial charge in [0.2, 0.25) is 0 Å². The van der Waals surface area contributed by atoms with Crippen molar-refractivity contribution < 1.29 is 9.47 Å². The molecule has 3 nitrogen and oxygen atoms in total. The Morgan fingerprint density at radius 1 is 0.933 bits per heavy atom. The monoisotopic (exact) mass is 509 g/mol. The van der Waals surface area contributed by atoms with Crippen LogP contribution >= 0.6 is 39.9 Å². The molecule has 0 radical (unpaired) electrons. The van der Waals surface area contributed by atoms with Crippen LogP contribution in [0.2, 0.25) is 5.02 Å². The number of nitrogens with one attached hydrogen (secondary N) is 1. The normalized spacial score (nSPS) is 10.4. The lowest BCUT2D eigenvalue weighted by Gasteiger charge is -2.16. The standard InChI is InChI=1S/C24H25BrClNO2.ClH/c1-2-28-23-15-19(16-27-13-12-18-8-4-3-5-9-18)14-21(25)24(23)29-17-20-10-6-7-11-22(20)26;/h3-11,14-15,27H,2,12-13,16-17H2,1H3;1H. The van der Waals surface area contributed by atoms with Gasteiger partial charge in [-0.25, -0.2) is 0 Å². The van der Waals surface area contributed by atoms with Gasteiger partial charge in [0.1, 0.15) is 6.61 Å². The average molecular weight is 511 g/mol. The molecule has 0 aliphatic carbocycles. The molecule has 6 heteroatoms. The zero-order valence-electron chi connectivity index (χ0n) is 16.9. The van der Waals surface area contributed by atoms with Crippen molar-refractivity contribution in [2.75, 3.05) is 13.2 Å². The van der Waals surface area contributed by atoms with Gasteiger partial charge in [-0.1, -0.05) is 60.1 Å². The molecule has 0 aliphatic heterocycles. The molecule has 0 fully saturated rings. The fourth-order valence-electron chi connectivity index (χ4n) is 3.00. The van der Waals surface area contributed by atoms with Crippen molar-refractivity contribution in [3.63, 3.8) is 0 Å². The fourth-order valence-corrected chi connectivity index (χ4v) is 3.80. The summed E-state index contributed by atoms with van der Waals surface area (Å²) in [6.07, 6.45) is 0.999. The predicted octanol–water partition coefficient (Wildman–Crippen LogP) is 6.83. The Kier molecular flexibility index (Phi) is 10.5. The van der Waals surface area contributed by atoms with E-state index in [9.17, 15) is 0 Å². The molecule has 0 heterocycles. The van der Waals surface area contributed by atoms with E-state index in [0.29, 0.717) is 24.0 Å². The van der Waals surface area contributed by atoms with E-state index in [1.54, 1.807) is 0 Å². The highest BCUT2D eigenvalue weighted by Gasteiger charge is 2.13. The van der Waals surface area contributed by atoms with Crippen LogP contribution in [0, 0.1) is 0 Å². The number of halogens is 3. The van der Waals surface area contributed by atoms with Crippen LogP contribution in [0.3, 0.4) is 0 Å². The van der Waals surface area contributed by atoms with Gasteiger partial charge in [-0.05, 0) is 65.1 Å². The van der Waals surface area contributed by atoms with Crippen molar-refractivity contribution in [1.82, 2.24) is 5.32 Å². The second kappa shape index (κ2) is 12.9. The van der Waals surface area contributed by atoms with Crippen LogP contribution in [0.4, 0.5) is 0 Å². The SMILES string of the molecule is CCOc1cc(CNCCc2ccccc2)cc(Br)c1OCc1ccccc1Cl.Cl. The molecule has 3 aromatic carbocycles. The Labute approximate surface area is 198 Å². The van der Waals surface area contributed by atoms with E-state index < -0.39 is 0 Å². The summed E-state index contributed by atoms with van der Waals surface area (Å²) in [5.41, 5.74) is 3.41. The molecule has 30 heavy (non-hydrogen) atoms. The first-order valence-corrected chi connectivity index (χ1v) is 10.9. The highest BCUT2D eigenvalue weighted by Crippen LogP contribution is 2.37. The molecule has 3 aromatic rings. The van der Waals surface area contributed by atoms with Crippen LogP contribution in [0.5, 0.6) is 11.5 Å². The lowest BCUT2D eigenvalue weighted by Crippen LogP contribution is -2.16. The maximum atomic E-state index is 6.24. The van der Waals surface area contributed by atoms with Crippen LogP contribution in [0.1, 0.15) is 23.6 Å². The first kappa shape index (κ1) is 24.5. The number of hydrogen-bond donors (Lipinski definition) is 1. The molecule has 1 N–H and O–H groups in total. The van der Waals surface area contributed by atoms with E-state index in [0.717, 1.165) is 40.9 Å². The second-order valence-electron chi connectivity index (χ2n) is 6.63. The van der Waals surface area contributed by atoms with Crippen molar-refractivity contribution in [1.29, 1.82) is 0 Å². The lowest BCUT2D eigenvalue weighted by atomic mass is 10.1. The quantitative estimate of drug-likeness (QED) is 0.303. The Morgan fingerprint density at radius 3 is 2.40 bits per heavy atom. The summed E-state index contributed by atoms with van der Waals surface area (Å²) < 4.78 is 12.8. The summed E-state index contributed by atoms with van der Waals surface area (Å²) in [7, 11) is 0. The zero-order valence-corrected chi connectivity index (χ0v) is 20.0. The smallest absolute Gasteiger partial charge is 0.175 e. The highest BCUT2D eigenvalue weighted by atomic mass is 79.9. The zero-order chi connectivity index (χ0) is 20.5. The number of hydrogen-bond acceptors (Lipinski definition) is 3. The van der Waals surface area contributed by atoms with E-state index in [2.05, 4.69) is 51.6 Å². The molecule has 0 aromatic heterocycles. The lowest BCUT2D eigenvalue weighted by molar-refractivity contribution is 0.267. The molecular formula is C24H26BrCl2NO2. The summed E-state index contributed by atoms with van der Waals surface area (Å²) >= 11 is 9.88. The minimum Gasteiger partial charge on any atom is -0.490 e. The van der Waals surface area contributed by atoms with Crippen molar-refractivity contribution >= 4 is 39.9 Å². The first-order chi connectivity index (χ1) is 14.2. The molecule has 160 valence electrons. The third kappa shape index (κ3) is 7.21. The van der Waals surface area contributed by atoms with Gasteiger partial charge in [0, 0.05) is 17.1 Å². The van der Waals surface area contributed by atoms with E-state index >= 15 is 0 Å². The number of benzene rings is 3. The Balaban J connectivity index is 0.00000320. The van der Waals surface area contributed by atoms with Gasteiger partial charge in [0.25, 0.3) is 0 Å². The molecule has 0 amide bonds. The minimum absolute atomic E-state index is 0. The van der Waals surface area contributed by atoms with Gasteiger partial charge in [0.15, 0.2) is 11.5 Å². The van der Waals surface area contributed by atoms with Crippen molar-refractivity contribution in [2.45, 2.75) is 26.5 Å². The van der Waals surface area contributed by atoms with E-state index in [1.807, 2.05) is 43.3 Å². The molecule has 0 spiro atoms. The van der Waals surface area contributed by atoms with Crippen molar-refractivity contribution in [2.24, 2.45) is 0 Å². The fraction of sp³-hybridized carbons (Fsp3) is 0.250. The molecule has 0 bridgehead atoms. The van der Waals surface area contributed by atoms with E-state index in [1.165, 1.54) is 5.56 Å². The summed E-state index contributed by atoms with van der Waals surface area (Å²) in [5.74, 6) is 1.42. The van der Waals surface area contributed by atoms with Gasteiger partial charge in [-0.15, -0.1) is 12.4 Å². The van der Waals surface area contributed by atoms with Crippen molar-refractivity contribution in [3.8, 4) is 11.5 Å². The number of rotatable bonds is 10. The average Bonchev–Trinajstić information content (AvgIpc) is 2.73. The van der Waals surface area contributed by atoms with Gasteiger partial charge < -0.3 is 14.8 Å². The minimum atomic E-state index is 0. The Hall–Kier alpha value is -1.72. The van der Waals surface area contributed by atoms with Crippen LogP contribution in [-0.4, -0.2) is 13.2 Å². The van der Waals surface area contributed by atoms with E-state index in [4.69, 9.17) is 21.1 Å². The molecule has 0 saturated heterocycles. The van der Waals surface area contributed by atoms with Gasteiger partial charge in [-0.2, -0.15) is 0 Å². The number of ether oxygens (including phenoxy) is 2. The van der Waals surface area contributed by atoms with Crippen LogP contribution in [-0.2, 0) is 19.6 Å². The maximum Gasteiger partial charge on any atom is 0.175 e. The van der Waals surface area contributed by atoms with Crippen LogP contribution in [0.15, 0.2) is 71.2 Å². The molecule has 0 aliphatic rings. The first-order valence-electron chi connectivity index (χ1n) is 9.73. The van der Waals surface area contributed by atoms with Crippen LogP contribution in [0.25, 0.3) is 0 Å². The molecular weight excluding hydrogens is 485 g/mol. The topological polar surface area (TPSA) is 30.5 Å². The molecule has 0 unspecified atom stereocenters. The predicted molar refractivity (Wildman–Crippen MR) is 130 cm³/mol. The second-order valence-corrected chi connectivity index (χ2v) is 7.89. The Morgan fingerprint density at radius 2 is 1.67 bits per heavy atom. The summed E-state index contributed by atoms with van der Waals surface area (Å²) in [6.45, 7) is 4.59. The largest absolute Gasteiger partial charge is 0.490 e. The van der Waals surface area contributed by atoms with Gasteiger partial charge in [-0.3, -0.25) is 0 Å². The maximum absolute atomic E-state index is 6.24. The summed E-state index contributed by atoms with van der Waals surface area (Å²) in [5, 5.41) is 4.19. The Bertz CT molecular complexity index is 922. The third-order valence-corrected chi connectivity index (χ3v) is 5.42. The van der Waals surface area contributed by atoms with Crippen molar-refractivity contribution in [3.05, 3.63) is 92.9 Å². The summed E-state index contributed by atoms with van der Waals surface area (Å²) in [6, 6.07) is 22.3. The van der Waals surface area contributed by atoms with Crippen LogP contribution < -0.4 is 14.8 Å². The van der Waals surface area contributed by atoms with Gasteiger partial charge >= 0.3 is 0 Å². The van der Waals surface area contributed by atoms with E-state index in [-0.39, 0.29) is 12.4 Å².